The van der Waals surface area contributed by atoms with E-state index in [-0.39, 0.29) is 4.90 Å². The van der Waals surface area contributed by atoms with Gasteiger partial charge < -0.3 is 0 Å². The Labute approximate surface area is 141 Å². The average Bonchev–Trinajstić information content (AvgIpc) is 2.59. The lowest BCUT2D eigenvalue weighted by molar-refractivity contribution is -0.124. The molecule has 2 N–H and O–H groups in total. The smallest absolute Gasteiger partial charge is 0.267 e. The minimum atomic E-state index is -3.67. The van der Waals surface area contributed by atoms with E-state index >= 15 is 0 Å². The molecule has 0 bridgehead atoms. The van der Waals surface area contributed by atoms with E-state index in [0.717, 1.165) is 11.6 Å². The van der Waals surface area contributed by atoms with Gasteiger partial charge >= 0.3 is 0 Å². The third-order valence-corrected chi connectivity index (χ3v) is 5.25. The Morgan fingerprint density at radius 3 is 2.46 bits per heavy atom. The molecule has 0 atom stereocenters. The van der Waals surface area contributed by atoms with Gasteiger partial charge in [-0.15, -0.1) is 0 Å². The first-order valence-corrected chi connectivity index (χ1v) is 8.56. The molecule has 0 saturated carbocycles. The van der Waals surface area contributed by atoms with E-state index < -0.39 is 15.9 Å². The summed E-state index contributed by atoms with van der Waals surface area (Å²) in [6.07, 6.45) is 2.62. The zero-order valence-electron chi connectivity index (χ0n) is 13.3. The maximum Gasteiger partial charge on any atom is 0.267 e. The number of amides is 1. The first-order chi connectivity index (χ1) is 11.3. The number of hydrogen-bond acceptors (Lipinski definition) is 4. The fraction of sp³-hybridized carbons (Fsp3) is 0.118. The molecule has 0 aromatic heterocycles. The SMILES string of the molecule is Cc1ccc(S(=O)(=O)N(C)c2cccc(/C=C/C(=O)NO)c2)cc1. The number of carbonyl (C=O) groups excluding carboxylic acids is 1. The van der Waals surface area contributed by atoms with Gasteiger partial charge in [-0.1, -0.05) is 29.8 Å². The number of anilines is 1. The molecule has 0 radical (unpaired) electrons. The van der Waals surface area contributed by atoms with Crippen LogP contribution in [0.15, 0.2) is 59.5 Å². The fourth-order valence-electron chi connectivity index (χ4n) is 2.04. The minimum absolute atomic E-state index is 0.205. The molecule has 2 rings (SSSR count). The number of nitrogens with zero attached hydrogens (tertiary/aromatic N) is 1. The van der Waals surface area contributed by atoms with Gasteiger partial charge in [-0.25, -0.2) is 13.9 Å². The van der Waals surface area contributed by atoms with Gasteiger partial charge in [-0.3, -0.25) is 14.3 Å². The summed E-state index contributed by atoms with van der Waals surface area (Å²) in [6, 6.07) is 13.3. The summed E-state index contributed by atoms with van der Waals surface area (Å²) >= 11 is 0. The van der Waals surface area contributed by atoms with Gasteiger partial charge in [0, 0.05) is 13.1 Å². The molecular formula is C17H18N2O4S. The van der Waals surface area contributed by atoms with Gasteiger partial charge in [-0.2, -0.15) is 0 Å². The van der Waals surface area contributed by atoms with Crippen molar-refractivity contribution in [2.75, 3.05) is 11.4 Å². The van der Waals surface area contributed by atoms with Crippen LogP contribution in [0.5, 0.6) is 0 Å². The third kappa shape index (κ3) is 4.01. The zero-order valence-corrected chi connectivity index (χ0v) is 14.1. The van der Waals surface area contributed by atoms with Crippen LogP contribution in [-0.4, -0.2) is 26.6 Å². The Morgan fingerprint density at radius 2 is 1.83 bits per heavy atom. The molecule has 0 aliphatic rings. The normalized spacial score (nSPS) is 11.5. The second-order valence-electron chi connectivity index (χ2n) is 5.19. The maximum atomic E-state index is 12.7. The van der Waals surface area contributed by atoms with Crippen LogP contribution in [0, 0.1) is 6.92 Å². The Balaban J connectivity index is 2.32. The van der Waals surface area contributed by atoms with E-state index in [1.807, 2.05) is 6.92 Å². The highest BCUT2D eigenvalue weighted by molar-refractivity contribution is 7.92. The molecule has 0 heterocycles. The van der Waals surface area contributed by atoms with Crippen LogP contribution in [0.1, 0.15) is 11.1 Å². The standard InChI is InChI=1S/C17H18N2O4S/c1-13-6-9-16(10-7-13)24(22,23)19(2)15-5-3-4-14(12-15)8-11-17(20)18-21/h3-12,21H,1-2H3,(H,18,20)/b11-8+. The Hall–Kier alpha value is -2.64. The predicted octanol–water partition coefficient (Wildman–Crippen LogP) is 2.34. The van der Waals surface area contributed by atoms with Crippen molar-refractivity contribution >= 4 is 27.7 Å². The molecule has 0 unspecified atom stereocenters. The van der Waals surface area contributed by atoms with E-state index in [4.69, 9.17) is 5.21 Å². The van der Waals surface area contributed by atoms with Crippen LogP contribution in [-0.2, 0) is 14.8 Å². The molecule has 0 saturated heterocycles. The highest BCUT2D eigenvalue weighted by atomic mass is 32.2. The van der Waals surface area contributed by atoms with Crippen LogP contribution >= 0.6 is 0 Å². The molecule has 7 heteroatoms. The summed E-state index contributed by atoms with van der Waals surface area (Å²) in [5, 5.41) is 8.47. The fourth-order valence-corrected chi connectivity index (χ4v) is 3.23. The average molecular weight is 346 g/mol. The van der Waals surface area contributed by atoms with Crippen LogP contribution in [0.4, 0.5) is 5.69 Å². The van der Waals surface area contributed by atoms with Crippen molar-refractivity contribution in [1.82, 2.24) is 5.48 Å². The largest absolute Gasteiger partial charge is 0.288 e. The van der Waals surface area contributed by atoms with Crippen LogP contribution < -0.4 is 9.79 Å². The molecule has 6 nitrogen and oxygen atoms in total. The highest BCUT2D eigenvalue weighted by Crippen LogP contribution is 2.23. The number of nitrogens with one attached hydrogen (secondary N) is 1. The summed E-state index contributed by atoms with van der Waals surface area (Å²) in [5.41, 5.74) is 3.56. The monoisotopic (exact) mass is 346 g/mol. The number of carbonyl (C=O) groups is 1. The van der Waals surface area contributed by atoms with E-state index in [1.54, 1.807) is 48.5 Å². The molecule has 2 aromatic rings. The Morgan fingerprint density at radius 1 is 1.17 bits per heavy atom. The van der Waals surface area contributed by atoms with E-state index in [0.29, 0.717) is 11.3 Å². The van der Waals surface area contributed by atoms with Crippen molar-refractivity contribution in [2.45, 2.75) is 11.8 Å². The van der Waals surface area contributed by atoms with Crippen LogP contribution in [0.25, 0.3) is 6.08 Å². The predicted molar refractivity (Wildman–Crippen MR) is 92.2 cm³/mol. The summed E-state index contributed by atoms with van der Waals surface area (Å²) < 4.78 is 26.5. The number of hydrogen-bond donors (Lipinski definition) is 2. The molecular weight excluding hydrogens is 328 g/mol. The van der Waals surface area contributed by atoms with Gasteiger partial charge in [-0.05, 0) is 42.8 Å². The molecule has 0 aliphatic heterocycles. The molecule has 1 amide bonds. The maximum absolute atomic E-state index is 12.7. The second-order valence-corrected chi connectivity index (χ2v) is 7.16. The van der Waals surface area contributed by atoms with Gasteiger partial charge in [0.15, 0.2) is 0 Å². The minimum Gasteiger partial charge on any atom is -0.288 e. The summed E-state index contributed by atoms with van der Waals surface area (Å²) in [7, 11) is -2.20. The van der Waals surface area contributed by atoms with Crippen molar-refractivity contribution in [3.05, 3.63) is 65.7 Å². The van der Waals surface area contributed by atoms with Crippen LogP contribution in [0.3, 0.4) is 0 Å². The first-order valence-electron chi connectivity index (χ1n) is 7.12. The van der Waals surface area contributed by atoms with Gasteiger partial charge in [0.25, 0.3) is 15.9 Å². The molecule has 0 spiro atoms. The summed E-state index contributed by atoms with van der Waals surface area (Å²) in [6.45, 7) is 1.89. The lowest BCUT2D eigenvalue weighted by atomic mass is 10.2. The van der Waals surface area contributed by atoms with Crippen molar-refractivity contribution < 1.29 is 18.4 Å². The zero-order chi connectivity index (χ0) is 17.7. The van der Waals surface area contributed by atoms with Gasteiger partial charge in [0.05, 0.1) is 10.6 Å². The number of aryl methyl sites for hydroxylation is 1. The first kappa shape index (κ1) is 17.7. The van der Waals surface area contributed by atoms with E-state index in [1.165, 1.54) is 22.9 Å². The third-order valence-electron chi connectivity index (χ3n) is 3.45. The summed E-state index contributed by atoms with van der Waals surface area (Å²) in [4.78, 5) is 11.2. The van der Waals surface area contributed by atoms with Gasteiger partial charge in [0.1, 0.15) is 0 Å². The molecule has 126 valence electrons. The van der Waals surface area contributed by atoms with E-state index in [9.17, 15) is 13.2 Å². The number of hydroxylamine groups is 1. The van der Waals surface area contributed by atoms with Gasteiger partial charge in [0.2, 0.25) is 0 Å². The summed E-state index contributed by atoms with van der Waals surface area (Å²) in [5.74, 6) is -0.666. The van der Waals surface area contributed by atoms with Crippen molar-refractivity contribution in [3.63, 3.8) is 0 Å². The lowest BCUT2D eigenvalue weighted by Gasteiger charge is -2.20. The number of sulfonamides is 1. The van der Waals surface area contributed by atoms with Crippen molar-refractivity contribution in [2.24, 2.45) is 0 Å². The molecule has 0 aliphatic carbocycles. The number of benzene rings is 2. The van der Waals surface area contributed by atoms with Crippen molar-refractivity contribution in [3.8, 4) is 0 Å². The molecule has 0 fully saturated rings. The second kappa shape index (κ2) is 7.29. The molecule has 24 heavy (non-hydrogen) atoms. The number of rotatable bonds is 5. The Kier molecular flexibility index (Phi) is 5.38. The van der Waals surface area contributed by atoms with Crippen molar-refractivity contribution in [1.29, 1.82) is 0 Å². The highest BCUT2D eigenvalue weighted by Gasteiger charge is 2.21. The quantitative estimate of drug-likeness (QED) is 0.494. The van der Waals surface area contributed by atoms with E-state index in [2.05, 4.69) is 0 Å². The van der Waals surface area contributed by atoms with Crippen LogP contribution in [0.2, 0.25) is 0 Å². The Bertz CT molecular complexity index is 858. The topological polar surface area (TPSA) is 86.7 Å². The molecule has 2 aromatic carbocycles. The lowest BCUT2D eigenvalue weighted by Crippen LogP contribution is -2.26.